The second-order valence-electron chi connectivity index (χ2n) is 15.9. The standard InChI is InChI=1S/C49H65NO4/c1-4-6-8-10-12-14-16-17-19-21-23-25-43(51)40-31-28-38-37-29-32-41(48(52)50-34-24-22-20-18-15-13-11-9-7-5-2)44-35(3)26-27-36(45(37)44)39-30-33-42(49(53)54)47(40)46(38)39/h26-33H,4-25,34H2,1-3H3,(H,50,52)(H,53,54). The molecule has 5 aromatic rings. The maximum atomic E-state index is 13.8. The molecule has 5 rings (SSSR count). The number of hydrogen-bond donors (Lipinski definition) is 2. The molecule has 2 N–H and O–H groups in total. The van der Waals surface area contributed by atoms with Crippen LogP contribution in [0.15, 0.2) is 48.5 Å². The first-order valence-electron chi connectivity index (χ1n) is 21.6. The van der Waals surface area contributed by atoms with E-state index in [0.717, 1.165) is 75.4 Å². The van der Waals surface area contributed by atoms with Crippen LogP contribution in [0.3, 0.4) is 0 Å². The second-order valence-corrected chi connectivity index (χ2v) is 15.9. The molecule has 0 unspecified atom stereocenters. The van der Waals surface area contributed by atoms with Gasteiger partial charge in [-0.25, -0.2) is 4.79 Å². The van der Waals surface area contributed by atoms with Crippen LogP contribution in [0.25, 0.3) is 43.1 Å². The van der Waals surface area contributed by atoms with Crippen LogP contribution >= 0.6 is 0 Å². The Morgan fingerprint density at radius 2 is 0.870 bits per heavy atom. The maximum Gasteiger partial charge on any atom is 0.336 e. The second kappa shape index (κ2) is 21.2. The van der Waals surface area contributed by atoms with Gasteiger partial charge in [-0.2, -0.15) is 0 Å². The minimum absolute atomic E-state index is 0.00593. The lowest BCUT2D eigenvalue weighted by molar-refractivity contribution is 0.0698. The predicted molar refractivity (Wildman–Crippen MR) is 229 cm³/mol. The van der Waals surface area contributed by atoms with Crippen molar-refractivity contribution in [3.8, 4) is 0 Å². The zero-order chi connectivity index (χ0) is 38.3. The van der Waals surface area contributed by atoms with Gasteiger partial charge in [-0.05, 0) is 75.2 Å². The summed E-state index contributed by atoms with van der Waals surface area (Å²) in [5.74, 6) is -1.08. The van der Waals surface area contributed by atoms with Gasteiger partial charge >= 0.3 is 5.97 Å². The van der Waals surface area contributed by atoms with Gasteiger partial charge in [-0.1, -0.05) is 172 Å². The first kappa shape index (κ1) is 41.2. The van der Waals surface area contributed by atoms with E-state index in [1.165, 1.54) is 103 Å². The lowest BCUT2D eigenvalue weighted by Gasteiger charge is -2.20. The fraction of sp³-hybridized carbons (Fsp3) is 0.531. The van der Waals surface area contributed by atoms with E-state index in [4.69, 9.17) is 0 Å². The number of rotatable bonds is 26. The van der Waals surface area contributed by atoms with E-state index in [-0.39, 0.29) is 17.3 Å². The SMILES string of the molecule is CCCCCCCCCCCCCC(=O)c1ccc2c3ccc(C(=O)NCCCCCCCCCCCC)c4c(C)ccc(c5ccc(C(=O)O)c1c52)c43. The van der Waals surface area contributed by atoms with Gasteiger partial charge in [-0.3, -0.25) is 9.59 Å². The quantitative estimate of drug-likeness (QED) is 0.0257. The van der Waals surface area contributed by atoms with Crippen molar-refractivity contribution in [3.05, 3.63) is 70.8 Å². The van der Waals surface area contributed by atoms with Gasteiger partial charge in [0.25, 0.3) is 5.91 Å². The largest absolute Gasteiger partial charge is 0.478 e. The number of amides is 1. The zero-order valence-electron chi connectivity index (χ0n) is 33.6. The Morgan fingerprint density at radius 1 is 0.463 bits per heavy atom. The van der Waals surface area contributed by atoms with E-state index in [9.17, 15) is 19.5 Å². The molecule has 54 heavy (non-hydrogen) atoms. The summed E-state index contributed by atoms with van der Waals surface area (Å²) in [6.07, 6.45) is 26.3. The minimum atomic E-state index is -1.03. The van der Waals surface area contributed by atoms with Crippen molar-refractivity contribution in [2.24, 2.45) is 0 Å². The first-order chi connectivity index (χ1) is 26.4. The first-order valence-corrected chi connectivity index (χ1v) is 21.6. The molecule has 0 bridgehead atoms. The number of ketones is 1. The molecule has 1 amide bonds. The predicted octanol–water partition coefficient (Wildman–Crippen LogP) is 14.3. The number of fused-ring (bicyclic) bond motifs is 2. The topological polar surface area (TPSA) is 83.5 Å². The smallest absolute Gasteiger partial charge is 0.336 e. The molecule has 0 heterocycles. The third kappa shape index (κ3) is 10.2. The number of hydrogen-bond acceptors (Lipinski definition) is 3. The van der Waals surface area contributed by atoms with Crippen LogP contribution < -0.4 is 5.32 Å². The van der Waals surface area contributed by atoms with Crippen LogP contribution in [0.1, 0.15) is 192 Å². The van der Waals surface area contributed by atoms with Crippen molar-refractivity contribution >= 4 is 60.7 Å². The molecule has 0 aliphatic carbocycles. The molecule has 5 aromatic carbocycles. The Kier molecular flexibility index (Phi) is 16.2. The van der Waals surface area contributed by atoms with Crippen molar-refractivity contribution in [2.45, 2.75) is 162 Å². The fourth-order valence-corrected chi connectivity index (χ4v) is 8.65. The number of aromatic carboxylic acids is 1. The number of nitrogens with one attached hydrogen (secondary N) is 1. The van der Waals surface area contributed by atoms with Gasteiger partial charge in [0.05, 0.1) is 5.56 Å². The van der Waals surface area contributed by atoms with Gasteiger partial charge in [0.1, 0.15) is 0 Å². The molecule has 0 fully saturated rings. The summed E-state index contributed by atoms with van der Waals surface area (Å²) in [6.45, 7) is 7.22. The Morgan fingerprint density at radius 3 is 1.37 bits per heavy atom. The molecular weight excluding hydrogens is 667 g/mol. The molecule has 0 aliphatic heterocycles. The number of carbonyl (C=O) groups is 3. The van der Waals surface area contributed by atoms with Crippen molar-refractivity contribution in [1.29, 1.82) is 0 Å². The number of unbranched alkanes of at least 4 members (excludes halogenated alkanes) is 19. The van der Waals surface area contributed by atoms with Gasteiger partial charge in [0, 0.05) is 29.5 Å². The minimum Gasteiger partial charge on any atom is -0.478 e. The van der Waals surface area contributed by atoms with E-state index < -0.39 is 5.97 Å². The highest BCUT2D eigenvalue weighted by Crippen LogP contribution is 2.44. The van der Waals surface area contributed by atoms with Crippen LogP contribution in [0, 0.1) is 6.92 Å². The van der Waals surface area contributed by atoms with Crippen LogP contribution in [0.4, 0.5) is 0 Å². The Hall–Kier alpha value is -3.99. The maximum absolute atomic E-state index is 13.8. The summed E-state index contributed by atoms with van der Waals surface area (Å²) in [4.78, 5) is 40.1. The molecular formula is C49H65NO4. The van der Waals surface area contributed by atoms with Crippen molar-refractivity contribution in [1.82, 2.24) is 5.32 Å². The summed E-state index contributed by atoms with van der Waals surface area (Å²) in [6, 6.07) is 15.5. The molecule has 0 spiro atoms. The normalized spacial score (nSPS) is 11.8. The number of Topliss-reactive ketones (excluding diaryl/α,β-unsaturated/α-hetero) is 1. The van der Waals surface area contributed by atoms with Crippen molar-refractivity contribution in [2.75, 3.05) is 6.54 Å². The summed E-state index contributed by atoms with van der Waals surface area (Å²) in [5, 5.41) is 20.6. The van der Waals surface area contributed by atoms with Gasteiger partial charge < -0.3 is 10.4 Å². The summed E-state index contributed by atoms with van der Waals surface area (Å²) in [7, 11) is 0. The molecule has 0 saturated carbocycles. The summed E-state index contributed by atoms with van der Waals surface area (Å²) >= 11 is 0. The monoisotopic (exact) mass is 731 g/mol. The lowest BCUT2D eigenvalue weighted by atomic mass is 9.83. The highest BCUT2D eigenvalue weighted by atomic mass is 16.4. The molecule has 0 aliphatic rings. The van der Waals surface area contributed by atoms with Crippen LogP contribution in [-0.2, 0) is 0 Å². The number of aryl methyl sites for hydroxylation is 1. The zero-order valence-corrected chi connectivity index (χ0v) is 33.6. The average molecular weight is 732 g/mol. The van der Waals surface area contributed by atoms with Crippen LogP contribution in [0.5, 0.6) is 0 Å². The fourth-order valence-electron chi connectivity index (χ4n) is 8.65. The van der Waals surface area contributed by atoms with Gasteiger partial charge in [0.15, 0.2) is 5.78 Å². The van der Waals surface area contributed by atoms with Crippen molar-refractivity contribution < 1.29 is 19.5 Å². The van der Waals surface area contributed by atoms with Crippen LogP contribution in [0.2, 0.25) is 0 Å². The average Bonchev–Trinajstić information content (AvgIpc) is 3.17. The number of carboxylic acids is 1. The summed E-state index contributed by atoms with van der Waals surface area (Å²) < 4.78 is 0. The van der Waals surface area contributed by atoms with E-state index in [0.29, 0.717) is 29.5 Å². The Bertz CT molecular complexity index is 1970. The van der Waals surface area contributed by atoms with Gasteiger partial charge in [0.2, 0.25) is 0 Å². The number of carboxylic acid groups (broad SMARTS) is 1. The molecule has 0 saturated heterocycles. The number of carbonyl (C=O) groups excluding carboxylic acids is 2. The Labute approximate surface area is 324 Å². The molecule has 0 radical (unpaired) electrons. The molecule has 5 nitrogen and oxygen atoms in total. The molecule has 290 valence electrons. The molecule has 0 atom stereocenters. The highest BCUT2D eigenvalue weighted by molar-refractivity contribution is 6.37. The van der Waals surface area contributed by atoms with E-state index in [2.05, 4.69) is 38.2 Å². The summed E-state index contributed by atoms with van der Waals surface area (Å²) in [5.41, 5.74) is 2.35. The van der Waals surface area contributed by atoms with Gasteiger partial charge in [-0.15, -0.1) is 0 Å². The lowest BCUT2D eigenvalue weighted by Crippen LogP contribution is -2.24. The highest BCUT2D eigenvalue weighted by Gasteiger charge is 2.24. The molecule has 0 aromatic heterocycles. The third-order valence-electron chi connectivity index (χ3n) is 11.7. The van der Waals surface area contributed by atoms with E-state index >= 15 is 0 Å². The van der Waals surface area contributed by atoms with Crippen molar-refractivity contribution in [3.63, 3.8) is 0 Å². The number of benzene rings is 5. The van der Waals surface area contributed by atoms with Crippen LogP contribution in [-0.4, -0.2) is 29.3 Å². The third-order valence-corrected chi connectivity index (χ3v) is 11.7. The Balaban J connectivity index is 1.31. The van der Waals surface area contributed by atoms with E-state index in [1.54, 1.807) is 6.07 Å². The van der Waals surface area contributed by atoms with E-state index in [1.807, 2.05) is 30.3 Å². The molecule has 5 heteroatoms.